The van der Waals surface area contributed by atoms with E-state index in [2.05, 4.69) is 45.6 Å². The average molecular weight is 601 g/mol. The van der Waals surface area contributed by atoms with Crippen LogP contribution in [-0.2, 0) is 37.1 Å². The highest BCUT2D eigenvalue weighted by Crippen LogP contribution is 2.39. The van der Waals surface area contributed by atoms with E-state index in [1.165, 1.54) is 5.57 Å². The van der Waals surface area contributed by atoms with Crippen LogP contribution >= 0.6 is 0 Å². The maximum Gasteiger partial charge on any atom is 0.183 e. The Hall–Kier alpha value is -3.41. The highest BCUT2D eigenvalue weighted by Gasteiger charge is 2.39. The van der Waals surface area contributed by atoms with Gasteiger partial charge in [0.15, 0.2) is 11.6 Å². The number of carbonyl (C=O) groups excluding carboxylic acids is 3. The van der Waals surface area contributed by atoms with Gasteiger partial charge < -0.3 is 9.47 Å². The number of ether oxygens (including phenoxy) is 2. The summed E-state index contributed by atoms with van der Waals surface area (Å²) in [5.41, 5.74) is 3.93. The van der Waals surface area contributed by atoms with Crippen molar-refractivity contribution in [2.75, 3.05) is 13.2 Å². The summed E-state index contributed by atoms with van der Waals surface area (Å²) in [7, 11) is 0. The molecule has 5 heteroatoms. The lowest BCUT2D eigenvalue weighted by Gasteiger charge is -2.37. The molecule has 1 aliphatic carbocycles. The fourth-order valence-corrected chi connectivity index (χ4v) is 5.31. The number of Topliss-reactive ketones (excluding diaryl/α,β-unsaturated/α-hetero) is 3. The third kappa shape index (κ3) is 13.5. The molecule has 2 aromatic rings. The summed E-state index contributed by atoms with van der Waals surface area (Å²) in [6, 6.07) is 19.6. The number of hydrogen-bond acceptors (Lipinski definition) is 5. The molecule has 0 N–H and O–H groups in total. The number of ketones is 3. The lowest BCUT2D eigenvalue weighted by atomic mass is 9.66. The van der Waals surface area contributed by atoms with Crippen LogP contribution in [0.2, 0.25) is 0 Å². The maximum atomic E-state index is 13.0. The van der Waals surface area contributed by atoms with Crippen LogP contribution in [-0.4, -0.2) is 30.6 Å². The molecule has 0 aromatic heterocycles. The minimum Gasteiger partial charge on any atom is -0.369 e. The summed E-state index contributed by atoms with van der Waals surface area (Å²) in [6.07, 6.45) is 9.04. The van der Waals surface area contributed by atoms with Crippen molar-refractivity contribution in [2.45, 2.75) is 74.0 Å². The van der Waals surface area contributed by atoms with Gasteiger partial charge in [-0.15, -0.1) is 0 Å². The van der Waals surface area contributed by atoms with E-state index in [0.717, 1.165) is 24.0 Å². The molecule has 1 aliphatic rings. The van der Waals surface area contributed by atoms with Crippen LogP contribution in [0.5, 0.6) is 0 Å². The van der Waals surface area contributed by atoms with Gasteiger partial charge in [0.2, 0.25) is 0 Å². The van der Waals surface area contributed by atoms with Crippen molar-refractivity contribution in [1.29, 1.82) is 0 Å². The molecular weight excluding hydrogens is 548 g/mol. The Bertz CT molecular complexity index is 1240. The quantitative estimate of drug-likeness (QED) is 0.151. The predicted octanol–water partition coefficient (Wildman–Crippen LogP) is 8.54. The van der Waals surface area contributed by atoms with Crippen molar-refractivity contribution < 1.29 is 23.9 Å². The molecule has 5 atom stereocenters. The Morgan fingerprint density at radius 1 is 0.886 bits per heavy atom. The monoisotopic (exact) mass is 600 g/mol. The molecule has 0 amide bonds. The van der Waals surface area contributed by atoms with E-state index in [4.69, 9.17) is 9.47 Å². The maximum absolute atomic E-state index is 13.0. The average Bonchev–Trinajstić information content (AvgIpc) is 3.00. The van der Waals surface area contributed by atoms with Crippen molar-refractivity contribution in [2.24, 2.45) is 29.6 Å². The van der Waals surface area contributed by atoms with Crippen molar-refractivity contribution in [3.05, 3.63) is 108 Å². The Kier molecular flexibility index (Phi) is 16.5. The Morgan fingerprint density at radius 3 is 1.95 bits per heavy atom. The van der Waals surface area contributed by atoms with Crippen LogP contribution in [0.25, 0.3) is 0 Å². The Balaban J connectivity index is 0.000000402. The summed E-state index contributed by atoms with van der Waals surface area (Å²) < 4.78 is 10.9. The minimum atomic E-state index is -0.170. The first-order valence-electron chi connectivity index (χ1n) is 15.8. The van der Waals surface area contributed by atoms with Crippen molar-refractivity contribution in [3.63, 3.8) is 0 Å². The van der Waals surface area contributed by atoms with E-state index in [1.807, 2.05) is 74.5 Å². The standard InChI is InChI=1S/C27H38O3.C12H14O2/c1-19(2)10-9-11-20(3)24-15-14-21(4)27(29)25(24)16-22(5)26(28)18-30-17-23-12-7-6-8-13-23;1-10(2)12(13)9-14-8-11-6-4-3-5-7-11/h6-13,20-22,24-25H,14-18H2,1-5H3;3-7H,1,8-9H2,2H3/b11-9+;/t20-,21+,22?,24?,25?;/m1./s1. The van der Waals surface area contributed by atoms with Gasteiger partial charge in [-0.3, -0.25) is 14.4 Å². The first-order valence-corrected chi connectivity index (χ1v) is 15.8. The smallest absolute Gasteiger partial charge is 0.183 e. The molecule has 0 saturated heterocycles. The first kappa shape index (κ1) is 36.8. The van der Waals surface area contributed by atoms with E-state index in [-0.39, 0.29) is 42.5 Å². The highest BCUT2D eigenvalue weighted by molar-refractivity contribution is 5.95. The molecule has 1 saturated carbocycles. The Labute approximate surface area is 265 Å². The number of carbonyl (C=O) groups is 3. The van der Waals surface area contributed by atoms with Crippen molar-refractivity contribution >= 4 is 17.3 Å². The van der Waals surface area contributed by atoms with E-state index < -0.39 is 0 Å². The number of rotatable bonds is 15. The summed E-state index contributed by atoms with van der Waals surface area (Å²) in [6.45, 7) is 16.7. The number of hydrogen-bond donors (Lipinski definition) is 0. The lowest BCUT2D eigenvalue weighted by Crippen LogP contribution is -2.38. The Morgan fingerprint density at radius 2 is 1.43 bits per heavy atom. The number of allylic oxidation sites excluding steroid dienone is 4. The van der Waals surface area contributed by atoms with Gasteiger partial charge in [-0.2, -0.15) is 0 Å². The number of benzene rings is 2. The molecule has 5 nitrogen and oxygen atoms in total. The summed E-state index contributed by atoms with van der Waals surface area (Å²) in [5, 5.41) is 0. The second-order valence-electron chi connectivity index (χ2n) is 12.4. The van der Waals surface area contributed by atoms with Gasteiger partial charge in [-0.1, -0.05) is 112 Å². The molecule has 0 aliphatic heterocycles. The van der Waals surface area contributed by atoms with Gasteiger partial charge in [0.1, 0.15) is 19.0 Å². The summed E-state index contributed by atoms with van der Waals surface area (Å²) >= 11 is 0. The molecule has 0 heterocycles. The predicted molar refractivity (Wildman–Crippen MR) is 179 cm³/mol. The van der Waals surface area contributed by atoms with E-state index in [1.54, 1.807) is 6.92 Å². The zero-order chi connectivity index (χ0) is 32.5. The molecule has 238 valence electrons. The highest BCUT2D eigenvalue weighted by atomic mass is 16.5. The van der Waals surface area contributed by atoms with Gasteiger partial charge in [-0.05, 0) is 68.6 Å². The third-order valence-corrected chi connectivity index (χ3v) is 8.15. The molecule has 3 unspecified atom stereocenters. The molecule has 0 radical (unpaired) electrons. The molecule has 2 aromatic carbocycles. The summed E-state index contributed by atoms with van der Waals surface area (Å²) in [5.74, 6) is 0.874. The zero-order valence-corrected chi connectivity index (χ0v) is 27.6. The lowest BCUT2D eigenvalue weighted by molar-refractivity contribution is -0.134. The fourth-order valence-electron chi connectivity index (χ4n) is 5.31. The van der Waals surface area contributed by atoms with Crippen LogP contribution in [0.15, 0.2) is 96.6 Å². The normalized spacial score (nSPS) is 19.4. The van der Waals surface area contributed by atoms with Crippen LogP contribution in [0.3, 0.4) is 0 Å². The molecule has 0 spiro atoms. The van der Waals surface area contributed by atoms with E-state index in [9.17, 15) is 14.4 Å². The second-order valence-corrected chi connectivity index (χ2v) is 12.4. The SMILES string of the molecule is C=C(C)C(=O)COCc1ccccc1.CC(C)=C/C=C/[C@@H](C)C1CC[C@H](C)C(=O)C1CC(C)C(=O)COCc1ccccc1. The molecule has 0 bridgehead atoms. The molecule has 1 fully saturated rings. The van der Waals surface area contributed by atoms with Crippen molar-refractivity contribution in [3.8, 4) is 0 Å². The second kappa shape index (κ2) is 19.8. The van der Waals surface area contributed by atoms with Gasteiger partial charge >= 0.3 is 0 Å². The third-order valence-electron chi connectivity index (χ3n) is 8.15. The van der Waals surface area contributed by atoms with Crippen LogP contribution in [0.1, 0.15) is 71.9 Å². The first-order chi connectivity index (χ1) is 21.0. The largest absolute Gasteiger partial charge is 0.369 e. The van der Waals surface area contributed by atoms with Gasteiger partial charge in [0.25, 0.3) is 0 Å². The molecular formula is C39H52O5. The minimum absolute atomic E-state index is 0.0408. The van der Waals surface area contributed by atoms with Crippen LogP contribution in [0.4, 0.5) is 0 Å². The fraction of sp³-hybridized carbons (Fsp3) is 0.462. The van der Waals surface area contributed by atoms with Crippen molar-refractivity contribution in [1.82, 2.24) is 0 Å². The van der Waals surface area contributed by atoms with Gasteiger partial charge in [0, 0.05) is 17.8 Å². The topological polar surface area (TPSA) is 69.7 Å². The van der Waals surface area contributed by atoms with E-state index >= 15 is 0 Å². The summed E-state index contributed by atoms with van der Waals surface area (Å²) in [4.78, 5) is 36.8. The zero-order valence-electron chi connectivity index (χ0n) is 27.6. The van der Waals surface area contributed by atoms with Gasteiger partial charge in [0.05, 0.1) is 13.2 Å². The molecule has 44 heavy (non-hydrogen) atoms. The van der Waals surface area contributed by atoms with Crippen LogP contribution < -0.4 is 0 Å². The molecule has 3 rings (SSSR count). The van der Waals surface area contributed by atoms with Gasteiger partial charge in [-0.25, -0.2) is 0 Å². The van der Waals surface area contributed by atoms with Crippen LogP contribution in [0, 0.1) is 29.6 Å². The van der Waals surface area contributed by atoms with E-state index in [0.29, 0.717) is 42.8 Å².